The molecule has 10 heteroatoms. The van der Waals surface area contributed by atoms with Gasteiger partial charge in [-0.3, -0.25) is 0 Å². The summed E-state index contributed by atoms with van der Waals surface area (Å²) in [6, 6.07) is 17.0. The van der Waals surface area contributed by atoms with Gasteiger partial charge in [0.25, 0.3) is 0 Å². The number of benzene rings is 2. The lowest BCUT2D eigenvalue weighted by molar-refractivity contribution is 0.152. The maximum absolute atomic E-state index is 14.0. The molecule has 2 unspecified atom stereocenters. The molecule has 0 spiro atoms. The molecule has 2 aromatic carbocycles. The van der Waals surface area contributed by atoms with E-state index in [1.807, 2.05) is 44.2 Å². The number of hydrogen-bond acceptors (Lipinski definition) is 4. The zero-order valence-corrected chi connectivity index (χ0v) is 21.5. The lowest BCUT2D eigenvalue weighted by Crippen LogP contribution is -2.57. The summed E-state index contributed by atoms with van der Waals surface area (Å²) in [5.41, 5.74) is 0.599. The highest BCUT2D eigenvalue weighted by molar-refractivity contribution is 5.44. The molecule has 0 radical (unpaired) electrons. The van der Waals surface area contributed by atoms with Gasteiger partial charge >= 0.3 is 22.8 Å². The smallest absolute Gasteiger partial charge is 0.246 e. The lowest BCUT2D eigenvalue weighted by Gasteiger charge is -2.46. The molecule has 1 aliphatic carbocycles. The first kappa shape index (κ1) is 23.3. The highest BCUT2D eigenvalue weighted by Gasteiger charge is 2.50. The van der Waals surface area contributed by atoms with Crippen LogP contribution in [0.5, 0.6) is 0 Å². The van der Waals surface area contributed by atoms with Crippen molar-refractivity contribution in [3.63, 3.8) is 0 Å². The Balaban J connectivity index is 1.55. The highest BCUT2D eigenvalue weighted by Crippen LogP contribution is 2.46. The van der Waals surface area contributed by atoms with Crippen LogP contribution in [-0.4, -0.2) is 27.9 Å². The standard InChI is InChI=1S/C29H26N6O4/c1-19-17-30-25(36)33(22-15-7-4-8-16-22)28(39)35(30)29(2)18-31-26(37)32(21-13-5-3-6-14-21)27(38)34(31)24(23(19)29)20-11-9-10-12-20/h3-9,11-16,24H,10,17-18H2,1-2H3. The predicted octanol–water partition coefficient (Wildman–Crippen LogP) is 2.10. The van der Waals surface area contributed by atoms with Crippen molar-refractivity contribution in [2.24, 2.45) is 0 Å². The molecule has 0 saturated carbocycles. The minimum absolute atomic E-state index is 0.0131. The number of aromatic nitrogens is 6. The fourth-order valence-electron chi connectivity index (χ4n) is 6.55. The molecule has 0 N–H and O–H groups in total. The Morgan fingerprint density at radius 2 is 1.36 bits per heavy atom. The SMILES string of the molecule is CC1=C2C(C3=CCC=C3)n3c(=O)n(-c4ccccc4)c(=O)n3CC2(C)n2c(=O)n(-c3ccccc3)c(=O)n2C1. The summed E-state index contributed by atoms with van der Waals surface area (Å²) in [6.07, 6.45) is 6.73. The maximum Gasteiger partial charge on any atom is 0.352 e. The second-order valence-electron chi connectivity index (χ2n) is 10.5. The summed E-state index contributed by atoms with van der Waals surface area (Å²) in [7, 11) is 0. The van der Waals surface area contributed by atoms with Crippen molar-refractivity contribution in [1.29, 1.82) is 0 Å². The molecule has 3 aliphatic rings. The van der Waals surface area contributed by atoms with Crippen molar-refractivity contribution in [3.05, 3.63) is 138 Å². The van der Waals surface area contributed by atoms with E-state index in [9.17, 15) is 19.2 Å². The van der Waals surface area contributed by atoms with Gasteiger partial charge in [0.05, 0.1) is 24.5 Å². The quantitative estimate of drug-likeness (QED) is 0.385. The zero-order valence-electron chi connectivity index (χ0n) is 21.5. The zero-order chi connectivity index (χ0) is 27.1. The van der Waals surface area contributed by atoms with E-state index < -0.39 is 34.3 Å². The van der Waals surface area contributed by atoms with E-state index in [1.54, 1.807) is 48.5 Å². The van der Waals surface area contributed by atoms with Crippen LogP contribution in [0.15, 0.2) is 115 Å². The average Bonchev–Trinajstić information content (AvgIpc) is 3.61. The molecule has 4 aromatic rings. The lowest BCUT2D eigenvalue weighted by atomic mass is 9.78. The summed E-state index contributed by atoms with van der Waals surface area (Å²) >= 11 is 0. The van der Waals surface area contributed by atoms with Crippen LogP contribution in [0.3, 0.4) is 0 Å². The van der Waals surface area contributed by atoms with Gasteiger partial charge in [0.15, 0.2) is 0 Å². The van der Waals surface area contributed by atoms with Gasteiger partial charge < -0.3 is 0 Å². The van der Waals surface area contributed by atoms with Crippen molar-refractivity contribution < 1.29 is 0 Å². The van der Waals surface area contributed by atoms with Crippen molar-refractivity contribution in [2.45, 2.75) is 44.9 Å². The van der Waals surface area contributed by atoms with Crippen LogP contribution in [0.1, 0.15) is 26.3 Å². The van der Waals surface area contributed by atoms with Gasteiger partial charge in [-0.05, 0) is 61.3 Å². The third kappa shape index (κ3) is 3.02. The minimum atomic E-state index is -1.08. The van der Waals surface area contributed by atoms with Crippen molar-refractivity contribution in [2.75, 3.05) is 0 Å². The van der Waals surface area contributed by atoms with E-state index in [2.05, 4.69) is 0 Å². The molecule has 7 rings (SSSR count). The van der Waals surface area contributed by atoms with E-state index in [-0.39, 0.29) is 13.1 Å². The van der Waals surface area contributed by atoms with Crippen LogP contribution in [-0.2, 0) is 18.6 Å². The molecule has 2 aromatic heterocycles. The number of allylic oxidation sites excluding steroid dienone is 6. The van der Waals surface area contributed by atoms with Crippen LogP contribution < -0.4 is 22.8 Å². The predicted molar refractivity (Wildman–Crippen MR) is 146 cm³/mol. The normalized spacial score (nSPS) is 21.5. The number of fused-ring (bicyclic) bond motifs is 4. The topological polar surface area (TPSA) is 97.9 Å². The van der Waals surface area contributed by atoms with E-state index in [1.165, 1.54) is 27.9 Å². The maximum atomic E-state index is 14.0. The van der Waals surface area contributed by atoms with Gasteiger partial charge in [-0.15, -0.1) is 0 Å². The minimum Gasteiger partial charge on any atom is -0.246 e. The van der Waals surface area contributed by atoms with Gasteiger partial charge in [0.1, 0.15) is 11.6 Å². The molecule has 0 saturated heterocycles. The Bertz CT molecular complexity index is 1990. The van der Waals surface area contributed by atoms with E-state index in [0.29, 0.717) is 17.8 Å². The summed E-state index contributed by atoms with van der Waals surface area (Å²) in [6.45, 7) is 4.03. The fourth-order valence-corrected chi connectivity index (χ4v) is 6.55. The van der Waals surface area contributed by atoms with Crippen LogP contribution in [0.25, 0.3) is 11.4 Å². The van der Waals surface area contributed by atoms with Gasteiger partial charge in [-0.25, -0.2) is 47.0 Å². The second kappa shape index (κ2) is 8.07. The van der Waals surface area contributed by atoms with Gasteiger partial charge in [-0.1, -0.05) is 54.6 Å². The molecule has 0 amide bonds. The Hall–Kier alpha value is -4.86. The van der Waals surface area contributed by atoms with Crippen LogP contribution in [0, 0.1) is 0 Å². The molecule has 0 bridgehead atoms. The molecule has 0 fully saturated rings. The van der Waals surface area contributed by atoms with E-state index >= 15 is 0 Å². The number of nitrogens with zero attached hydrogens (tertiary/aromatic N) is 6. The van der Waals surface area contributed by atoms with E-state index in [0.717, 1.165) is 16.7 Å². The first-order valence-electron chi connectivity index (χ1n) is 12.9. The molecule has 10 nitrogen and oxygen atoms in total. The number of hydrogen-bond donors (Lipinski definition) is 0. The molecule has 196 valence electrons. The van der Waals surface area contributed by atoms with E-state index in [4.69, 9.17) is 0 Å². The van der Waals surface area contributed by atoms with Gasteiger partial charge in [0, 0.05) is 0 Å². The van der Waals surface area contributed by atoms with Crippen LogP contribution in [0.2, 0.25) is 0 Å². The molecular weight excluding hydrogens is 496 g/mol. The third-order valence-corrected chi connectivity index (χ3v) is 8.10. The first-order valence-corrected chi connectivity index (χ1v) is 12.9. The largest absolute Gasteiger partial charge is 0.352 e. The Kier molecular flexibility index (Phi) is 4.81. The number of para-hydroxylation sites is 2. The summed E-state index contributed by atoms with van der Waals surface area (Å²) < 4.78 is 8.23. The summed E-state index contributed by atoms with van der Waals surface area (Å²) in [5, 5.41) is 0. The Labute approximate surface area is 221 Å². The molecular formula is C29H26N6O4. The van der Waals surface area contributed by atoms with Gasteiger partial charge in [-0.2, -0.15) is 0 Å². The average molecular weight is 523 g/mol. The Morgan fingerprint density at radius 3 is 1.95 bits per heavy atom. The highest BCUT2D eigenvalue weighted by atomic mass is 16.2. The molecule has 4 heterocycles. The molecule has 2 aliphatic heterocycles. The summed E-state index contributed by atoms with van der Waals surface area (Å²) in [5.74, 6) is 0. The van der Waals surface area contributed by atoms with Crippen LogP contribution in [0.4, 0.5) is 0 Å². The Morgan fingerprint density at radius 1 is 0.769 bits per heavy atom. The van der Waals surface area contributed by atoms with Crippen molar-refractivity contribution in [3.8, 4) is 11.4 Å². The van der Waals surface area contributed by atoms with Crippen LogP contribution >= 0.6 is 0 Å². The summed E-state index contributed by atoms with van der Waals surface area (Å²) in [4.78, 5) is 55.5. The second-order valence-corrected chi connectivity index (χ2v) is 10.5. The fraction of sp³-hybridized carbons (Fsp3) is 0.241. The number of rotatable bonds is 3. The van der Waals surface area contributed by atoms with Crippen molar-refractivity contribution >= 4 is 0 Å². The van der Waals surface area contributed by atoms with Crippen molar-refractivity contribution in [1.82, 2.24) is 27.9 Å². The third-order valence-electron chi connectivity index (χ3n) is 8.10. The molecule has 39 heavy (non-hydrogen) atoms. The van der Waals surface area contributed by atoms with Gasteiger partial charge in [0.2, 0.25) is 0 Å². The monoisotopic (exact) mass is 522 g/mol. The first-order chi connectivity index (χ1) is 18.8. The molecule has 2 atom stereocenters.